The maximum atomic E-state index is 12.2. The number of anilines is 1. The zero-order chi connectivity index (χ0) is 14.0. The van der Waals surface area contributed by atoms with E-state index in [0.717, 1.165) is 10.0 Å². The molecule has 19 heavy (non-hydrogen) atoms. The molecule has 0 spiro atoms. The molecule has 0 saturated heterocycles. The van der Waals surface area contributed by atoms with Crippen molar-refractivity contribution in [1.29, 1.82) is 0 Å². The average Bonchev–Trinajstić information content (AvgIpc) is 2.27. The monoisotopic (exact) mass is 359 g/mol. The van der Waals surface area contributed by atoms with Gasteiger partial charge in [-0.15, -0.1) is 0 Å². The van der Waals surface area contributed by atoms with Crippen LogP contribution in [-0.2, 0) is 10.0 Å². The summed E-state index contributed by atoms with van der Waals surface area (Å²) in [7, 11) is -3.68. The third-order valence-corrected chi connectivity index (χ3v) is 4.81. The molecule has 0 radical (unpaired) electrons. The highest BCUT2D eigenvalue weighted by atomic mass is 79.9. The molecule has 0 saturated carbocycles. The van der Waals surface area contributed by atoms with Crippen LogP contribution in [0.2, 0.25) is 5.02 Å². The Morgan fingerprint density at radius 3 is 2.53 bits per heavy atom. The number of benzene rings is 2. The maximum Gasteiger partial charge on any atom is 0.263 e. The number of sulfonamides is 1. The molecule has 3 nitrogen and oxygen atoms in total. The molecule has 2 aromatic rings. The van der Waals surface area contributed by atoms with Gasteiger partial charge in [0.05, 0.1) is 5.02 Å². The molecule has 0 aliphatic rings. The Labute approximate surface area is 125 Å². The Morgan fingerprint density at radius 1 is 1.16 bits per heavy atom. The van der Waals surface area contributed by atoms with Crippen molar-refractivity contribution in [2.75, 3.05) is 4.72 Å². The van der Waals surface area contributed by atoms with Gasteiger partial charge in [0.1, 0.15) is 4.90 Å². The zero-order valence-electron chi connectivity index (χ0n) is 10.0. The Hall–Kier alpha value is -1.04. The molecular formula is C13H11BrClNO2S. The first-order valence-corrected chi connectivity index (χ1v) is 8.08. The molecule has 0 heterocycles. The van der Waals surface area contributed by atoms with Crippen molar-refractivity contribution in [3.05, 3.63) is 57.5 Å². The predicted octanol–water partition coefficient (Wildman–Crippen LogP) is 4.21. The summed E-state index contributed by atoms with van der Waals surface area (Å²) < 4.78 is 27.8. The van der Waals surface area contributed by atoms with Gasteiger partial charge in [0, 0.05) is 10.2 Å². The molecule has 6 heteroatoms. The number of hydrogen-bond acceptors (Lipinski definition) is 2. The number of nitrogens with one attached hydrogen (secondary N) is 1. The second kappa shape index (κ2) is 5.53. The van der Waals surface area contributed by atoms with Gasteiger partial charge in [-0.3, -0.25) is 4.72 Å². The lowest BCUT2D eigenvalue weighted by atomic mass is 10.2. The van der Waals surface area contributed by atoms with Gasteiger partial charge in [0.2, 0.25) is 0 Å². The second-order valence-electron chi connectivity index (χ2n) is 4.05. The second-order valence-corrected chi connectivity index (χ2v) is 7.02. The molecule has 0 fully saturated rings. The number of rotatable bonds is 3. The largest absolute Gasteiger partial charge is 0.280 e. The lowest BCUT2D eigenvalue weighted by Gasteiger charge is -2.10. The van der Waals surface area contributed by atoms with Crippen molar-refractivity contribution in [3.8, 4) is 0 Å². The molecule has 0 unspecified atom stereocenters. The van der Waals surface area contributed by atoms with E-state index in [2.05, 4.69) is 20.7 Å². The van der Waals surface area contributed by atoms with Crippen LogP contribution in [-0.4, -0.2) is 8.42 Å². The minimum Gasteiger partial charge on any atom is -0.280 e. The highest BCUT2D eigenvalue weighted by molar-refractivity contribution is 9.10. The van der Waals surface area contributed by atoms with Gasteiger partial charge in [0.15, 0.2) is 0 Å². The Kier molecular flexibility index (Phi) is 4.18. The summed E-state index contributed by atoms with van der Waals surface area (Å²) in [6.07, 6.45) is 0. The van der Waals surface area contributed by atoms with Gasteiger partial charge in [0.25, 0.3) is 10.0 Å². The van der Waals surface area contributed by atoms with E-state index in [1.807, 2.05) is 13.0 Å². The molecule has 1 N–H and O–H groups in total. The number of aryl methyl sites for hydroxylation is 1. The van der Waals surface area contributed by atoms with Gasteiger partial charge < -0.3 is 0 Å². The van der Waals surface area contributed by atoms with Crippen LogP contribution in [0.5, 0.6) is 0 Å². The van der Waals surface area contributed by atoms with Crippen molar-refractivity contribution >= 4 is 43.2 Å². The van der Waals surface area contributed by atoms with E-state index in [-0.39, 0.29) is 9.92 Å². The van der Waals surface area contributed by atoms with E-state index in [9.17, 15) is 8.42 Å². The van der Waals surface area contributed by atoms with Crippen LogP contribution in [0.3, 0.4) is 0 Å². The highest BCUT2D eigenvalue weighted by Gasteiger charge is 2.17. The first-order valence-electron chi connectivity index (χ1n) is 5.43. The fourth-order valence-corrected chi connectivity index (χ4v) is 3.64. The van der Waals surface area contributed by atoms with Crippen LogP contribution in [0.1, 0.15) is 5.56 Å². The summed E-state index contributed by atoms with van der Waals surface area (Å²) in [5.41, 5.74) is 1.39. The van der Waals surface area contributed by atoms with E-state index in [1.54, 1.807) is 30.3 Å². The van der Waals surface area contributed by atoms with Crippen LogP contribution < -0.4 is 4.72 Å². The Balaban J connectivity index is 2.38. The van der Waals surface area contributed by atoms with E-state index < -0.39 is 10.0 Å². The predicted molar refractivity (Wildman–Crippen MR) is 81.1 cm³/mol. The molecule has 0 aliphatic heterocycles. The molecule has 0 aliphatic carbocycles. The van der Waals surface area contributed by atoms with Gasteiger partial charge in [-0.05, 0) is 42.8 Å². The normalized spacial score (nSPS) is 11.3. The number of hydrogen-bond donors (Lipinski definition) is 1. The fraction of sp³-hybridized carbons (Fsp3) is 0.0769. The van der Waals surface area contributed by atoms with Crippen LogP contribution >= 0.6 is 27.5 Å². The quantitative estimate of drug-likeness (QED) is 0.891. The van der Waals surface area contributed by atoms with E-state index >= 15 is 0 Å². The molecular weight excluding hydrogens is 350 g/mol. The standard InChI is InChI=1S/C13H11BrClNO2S/c1-9-5-6-13(12(15)7-9)19(17,18)16-11-4-2-3-10(14)8-11/h2-8,16H,1H3. The van der Waals surface area contributed by atoms with Crippen molar-refractivity contribution in [2.24, 2.45) is 0 Å². The summed E-state index contributed by atoms with van der Waals surface area (Å²) in [5, 5.41) is 0.211. The van der Waals surface area contributed by atoms with E-state index in [0.29, 0.717) is 5.69 Å². The summed E-state index contributed by atoms with van der Waals surface area (Å²) in [5.74, 6) is 0. The number of halogens is 2. The SMILES string of the molecule is Cc1ccc(S(=O)(=O)Nc2cccc(Br)c2)c(Cl)c1. The minimum atomic E-state index is -3.68. The zero-order valence-corrected chi connectivity index (χ0v) is 13.2. The topological polar surface area (TPSA) is 46.2 Å². The van der Waals surface area contributed by atoms with Gasteiger partial charge in [-0.2, -0.15) is 0 Å². The molecule has 0 bridgehead atoms. The van der Waals surface area contributed by atoms with Crippen LogP contribution in [0.15, 0.2) is 51.8 Å². The molecule has 2 rings (SSSR count). The summed E-state index contributed by atoms with van der Waals surface area (Å²) in [6.45, 7) is 1.85. The van der Waals surface area contributed by atoms with Crippen molar-refractivity contribution in [3.63, 3.8) is 0 Å². The first-order chi connectivity index (χ1) is 8.88. The van der Waals surface area contributed by atoms with Gasteiger partial charge in [-0.25, -0.2) is 8.42 Å². The van der Waals surface area contributed by atoms with Crippen LogP contribution in [0.4, 0.5) is 5.69 Å². The lowest BCUT2D eigenvalue weighted by molar-refractivity contribution is 0.601. The maximum absolute atomic E-state index is 12.2. The van der Waals surface area contributed by atoms with Crippen LogP contribution in [0, 0.1) is 6.92 Å². The fourth-order valence-electron chi connectivity index (χ4n) is 1.59. The third kappa shape index (κ3) is 3.49. The molecule has 0 atom stereocenters. The Bertz CT molecular complexity index is 716. The lowest BCUT2D eigenvalue weighted by Crippen LogP contribution is -2.13. The van der Waals surface area contributed by atoms with Crippen molar-refractivity contribution in [1.82, 2.24) is 0 Å². The smallest absolute Gasteiger partial charge is 0.263 e. The summed E-state index contributed by atoms with van der Waals surface area (Å²) in [4.78, 5) is 0.0692. The van der Waals surface area contributed by atoms with Gasteiger partial charge >= 0.3 is 0 Å². The average molecular weight is 361 g/mol. The Morgan fingerprint density at radius 2 is 1.89 bits per heavy atom. The van der Waals surface area contributed by atoms with Crippen LogP contribution in [0.25, 0.3) is 0 Å². The molecule has 0 amide bonds. The molecule has 0 aromatic heterocycles. The van der Waals surface area contributed by atoms with Crippen molar-refractivity contribution in [2.45, 2.75) is 11.8 Å². The summed E-state index contributed by atoms with van der Waals surface area (Å²) in [6, 6.07) is 11.7. The minimum absolute atomic E-state index is 0.0692. The molecule has 100 valence electrons. The van der Waals surface area contributed by atoms with E-state index in [1.165, 1.54) is 6.07 Å². The summed E-state index contributed by atoms with van der Waals surface area (Å²) >= 11 is 9.27. The van der Waals surface area contributed by atoms with Crippen molar-refractivity contribution < 1.29 is 8.42 Å². The molecule has 2 aromatic carbocycles. The first kappa shape index (κ1) is 14.4. The third-order valence-electron chi connectivity index (χ3n) is 2.45. The van der Waals surface area contributed by atoms with E-state index in [4.69, 9.17) is 11.6 Å². The van der Waals surface area contributed by atoms with Gasteiger partial charge in [-0.1, -0.05) is 39.7 Å². The highest BCUT2D eigenvalue weighted by Crippen LogP contribution is 2.25.